The molecule has 0 aliphatic heterocycles. The highest BCUT2D eigenvalue weighted by Crippen LogP contribution is 2.18. The lowest BCUT2D eigenvalue weighted by Gasteiger charge is -2.12. The fourth-order valence-electron chi connectivity index (χ4n) is 2.60. The van der Waals surface area contributed by atoms with Crippen LogP contribution in [0.25, 0.3) is 0 Å². The van der Waals surface area contributed by atoms with Gasteiger partial charge in [-0.2, -0.15) is 5.10 Å². The van der Waals surface area contributed by atoms with Gasteiger partial charge in [0.15, 0.2) is 5.96 Å². The molecule has 1 aromatic heterocycles. The number of aryl methyl sites for hydroxylation is 3. The summed E-state index contributed by atoms with van der Waals surface area (Å²) >= 11 is 0. The summed E-state index contributed by atoms with van der Waals surface area (Å²) < 4.78 is 7.34. The molecular formula is C19H30IN5O. The second-order valence-electron chi connectivity index (χ2n) is 6.11. The lowest BCUT2D eigenvalue weighted by atomic mass is 10.1. The summed E-state index contributed by atoms with van der Waals surface area (Å²) in [5.74, 6) is 1.77. The van der Waals surface area contributed by atoms with E-state index in [0.717, 1.165) is 49.7 Å². The van der Waals surface area contributed by atoms with Crippen LogP contribution in [0.15, 0.2) is 35.6 Å². The Morgan fingerprint density at radius 3 is 2.65 bits per heavy atom. The van der Waals surface area contributed by atoms with Gasteiger partial charge in [-0.15, -0.1) is 24.0 Å². The summed E-state index contributed by atoms with van der Waals surface area (Å²) in [7, 11) is 3.50. The van der Waals surface area contributed by atoms with Gasteiger partial charge in [-0.1, -0.05) is 12.1 Å². The third kappa shape index (κ3) is 7.23. The molecule has 2 N–H and O–H groups in total. The molecule has 6 nitrogen and oxygen atoms in total. The van der Waals surface area contributed by atoms with E-state index in [1.165, 1.54) is 11.1 Å². The Labute approximate surface area is 173 Å². The molecule has 0 saturated carbocycles. The minimum Gasteiger partial charge on any atom is -0.496 e. The Hall–Kier alpha value is -1.77. The molecule has 0 saturated heterocycles. The number of halogens is 1. The highest BCUT2D eigenvalue weighted by atomic mass is 127. The summed E-state index contributed by atoms with van der Waals surface area (Å²) in [4.78, 5) is 4.26. The lowest BCUT2D eigenvalue weighted by Crippen LogP contribution is -2.39. The van der Waals surface area contributed by atoms with Crippen LogP contribution in [0.4, 0.5) is 0 Å². The van der Waals surface area contributed by atoms with Gasteiger partial charge in [-0.05, 0) is 49.4 Å². The number of guanidine groups is 1. The average molecular weight is 471 g/mol. The van der Waals surface area contributed by atoms with Crippen LogP contribution in [0.1, 0.15) is 23.1 Å². The van der Waals surface area contributed by atoms with Gasteiger partial charge in [0.2, 0.25) is 0 Å². The lowest BCUT2D eigenvalue weighted by molar-refractivity contribution is 0.411. The molecule has 0 unspecified atom stereocenters. The zero-order valence-corrected chi connectivity index (χ0v) is 18.4. The first-order valence-electron chi connectivity index (χ1n) is 8.69. The quantitative estimate of drug-likeness (QED) is 0.269. The van der Waals surface area contributed by atoms with Crippen LogP contribution in [0.5, 0.6) is 5.75 Å². The number of aromatic nitrogens is 2. The molecular weight excluding hydrogens is 441 g/mol. The van der Waals surface area contributed by atoms with Gasteiger partial charge in [-0.25, -0.2) is 0 Å². The maximum absolute atomic E-state index is 5.37. The van der Waals surface area contributed by atoms with Crippen molar-refractivity contribution >= 4 is 29.9 Å². The van der Waals surface area contributed by atoms with Crippen molar-refractivity contribution in [2.75, 3.05) is 27.2 Å². The Bertz CT molecular complexity index is 699. The van der Waals surface area contributed by atoms with Gasteiger partial charge < -0.3 is 15.4 Å². The van der Waals surface area contributed by atoms with Gasteiger partial charge >= 0.3 is 0 Å². The first-order chi connectivity index (χ1) is 12.1. The van der Waals surface area contributed by atoms with Crippen molar-refractivity contribution in [2.24, 2.45) is 4.99 Å². The van der Waals surface area contributed by atoms with Gasteiger partial charge in [0.05, 0.1) is 13.3 Å². The molecule has 1 aromatic carbocycles. The molecule has 0 aliphatic rings. The molecule has 0 atom stereocenters. The summed E-state index contributed by atoms with van der Waals surface area (Å²) in [6.07, 6.45) is 5.86. The molecule has 0 amide bonds. The Morgan fingerprint density at radius 2 is 2.00 bits per heavy atom. The van der Waals surface area contributed by atoms with Crippen LogP contribution in [0.3, 0.4) is 0 Å². The van der Waals surface area contributed by atoms with Crippen molar-refractivity contribution < 1.29 is 4.74 Å². The maximum atomic E-state index is 5.37. The van der Waals surface area contributed by atoms with E-state index in [2.05, 4.69) is 59.0 Å². The first kappa shape index (κ1) is 22.3. The number of rotatable bonds is 8. The fraction of sp³-hybridized carbons (Fsp3) is 0.474. The van der Waals surface area contributed by atoms with E-state index in [1.54, 1.807) is 14.2 Å². The van der Waals surface area contributed by atoms with Crippen molar-refractivity contribution in [2.45, 2.75) is 33.2 Å². The standard InChI is InChI=1S/C19H29N5O.HI/c1-15-13-23-24(14-15)11-5-9-21-19(20-3)22-10-8-17-7-6-16(2)18(12-17)25-4;/h6-7,12-14H,5,8-11H2,1-4H3,(H2,20,21,22);1H. The highest BCUT2D eigenvalue weighted by Gasteiger charge is 2.02. The summed E-state index contributed by atoms with van der Waals surface area (Å²) in [5, 5.41) is 11.0. The van der Waals surface area contributed by atoms with E-state index >= 15 is 0 Å². The Morgan fingerprint density at radius 1 is 1.23 bits per heavy atom. The molecule has 144 valence electrons. The molecule has 26 heavy (non-hydrogen) atoms. The fourth-order valence-corrected chi connectivity index (χ4v) is 2.60. The minimum atomic E-state index is 0. The van der Waals surface area contributed by atoms with Crippen molar-refractivity contribution in [1.82, 2.24) is 20.4 Å². The van der Waals surface area contributed by atoms with Gasteiger partial charge in [0, 0.05) is 32.9 Å². The maximum Gasteiger partial charge on any atom is 0.190 e. The molecule has 1 heterocycles. The van der Waals surface area contributed by atoms with E-state index in [4.69, 9.17) is 4.74 Å². The monoisotopic (exact) mass is 471 g/mol. The molecule has 0 fully saturated rings. The van der Waals surface area contributed by atoms with Crippen molar-refractivity contribution in [3.05, 3.63) is 47.3 Å². The predicted octanol–water partition coefficient (Wildman–Crippen LogP) is 2.92. The van der Waals surface area contributed by atoms with Gasteiger partial charge in [0.25, 0.3) is 0 Å². The van der Waals surface area contributed by atoms with Crippen LogP contribution in [-0.2, 0) is 13.0 Å². The van der Waals surface area contributed by atoms with Crippen molar-refractivity contribution in [3.8, 4) is 5.75 Å². The van der Waals surface area contributed by atoms with Crippen LogP contribution >= 0.6 is 24.0 Å². The largest absolute Gasteiger partial charge is 0.496 e. The minimum absolute atomic E-state index is 0. The zero-order valence-electron chi connectivity index (χ0n) is 16.1. The predicted molar refractivity (Wildman–Crippen MR) is 118 cm³/mol. The van der Waals surface area contributed by atoms with Crippen LogP contribution in [0, 0.1) is 13.8 Å². The number of hydrogen-bond donors (Lipinski definition) is 2. The third-order valence-corrected chi connectivity index (χ3v) is 4.02. The summed E-state index contributed by atoms with van der Waals surface area (Å²) in [6, 6.07) is 6.33. The number of benzene rings is 1. The number of ether oxygens (including phenoxy) is 1. The van der Waals surface area contributed by atoms with E-state index < -0.39 is 0 Å². The molecule has 7 heteroatoms. The normalized spacial score (nSPS) is 11.0. The zero-order chi connectivity index (χ0) is 18.1. The topological polar surface area (TPSA) is 63.5 Å². The first-order valence-corrected chi connectivity index (χ1v) is 8.69. The summed E-state index contributed by atoms with van der Waals surface area (Å²) in [5.41, 5.74) is 3.60. The van der Waals surface area contributed by atoms with Crippen LogP contribution < -0.4 is 15.4 Å². The molecule has 2 aromatic rings. The number of nitrogens with one attached hydrogen (secondary N) is 2. The smallest absolute Gasteiger partial charge is 0.190 e. The SMILES string of the molecule is CN=C(NCCCn1cc(C)cn1)NCCc1ccc(C)c(OC)c1.I. The van der Waals surface area contributed by atoms with Crippen LogP contribution in [-0.4, -0.2) is 43.0 Å². The number of aliphatic imine (C=N–C) groups is 1. The highest BCUT2D eigenvalue weighted by molar-refractivity contribution is 14.0. The van der Waals surface area contributed by atoms with E-state index in [0.29, 0.717) is 0 Å². The molecule has 0 spiro atoms. The van der Waals surface area contributed by atoms with Gasteiger partial charge in [-0.3, -0.25) is 9.67 Å². The number of hydrogen-bond acceptors (Lipinski definition) is 3. The molecule has 0 radical (unpaired) electrons. The molecule has 0 aliphatic carbocycles. The van der Waals surface area contributed by atoms with Crippen molar-refractivity contribution in [1.29, 1.82) is 0 Å². The van der Waals surface area contributed by atoms with Crippen LogP contribution in [0.2, 0.25) is 0 Å². The average Bonchev–Trinajstić information content (AvgIpc) is 3.03. The van der Waals surface area contributed by atoms with E-state index in [9.17, 15) is 0 Å². The Balaban J connectivity index is 0.00000338. The number of methoxy groups -OCH3 is 1. The third-order valence-electron chi connectivity index (χ3n) is 4.02. The number of nitrogens with zero attached hydrogens (tertiary/aromatic N) is 3. The Kier molecular flexibility index (Phi) is 10.1. The summed E-state index contributed by atoms with van der Waals surface area (Å²) in [6.45, 7) is 6.69. The second-order valence-corrected chi connectivity index (χ2v) is 6.11. The molecule has 0 bridgehead atoms. The van der Waals surface area contributed by atoms with Crippen molar-refractivity contribution in [3.63, 3.8) is 0 Å². The van der Waals surface area contributed by atoms with E-state index in [1.807, 2.05) is 10.9 Å². The van der Waals surface area contributed by atoms with E-state index in [-0.39, 0.29) is 24.0 Å². The second kappa shape index (κ2) is 11.8. The molecule has 2 rings (SSSR count). The van der Waals surface area contributed by atoms with Gasteiger partial charge in [0.1, 0.15) is 5.75 Å².